The van der Waals surface area contributed by atoms with Gasteiger partial charge in [-0.1, -0.05) is 42.5 Å². The van der Waals surface area contributed by atoms with Gasteiger partial charge in [0, 0.05) is 5.88 Å². The normalized spacial score (nSPS) is 13.2. The van der Waals surface area contributed by atoms with E-state index < -0.39 is 17.5 Å². The third-order valence-corrected chi connectivity index (χ3v) is 3.16. The van der Waals surface area contributed by atoms with Gasteiger partial charge in [0.05, 0.1) is 0 Å². The highest BCUT2D eigenvalue weighted by Gasteiger charge is 2.18. The Morgan fingerprint density at radius 3 is 2.10 bits per heavy atom. The molecule has 1 aliphatic carbocycles. The van der Waals surface area contributed by atoms with Crippen molar-refractivity contribution in [2.45, 2.75) is 12.8 Å². The summed E-state index contributed by atoms with van der Waals surface area (Å²) in [6.45, 7) is 0. The van der Waals surface area contributed by atoms with Crippen molar-refractivity contribution in [2.24, 2.45) is 5.92 Å². The smallest absolute Gasteiger partial charge is 0.343 e. The van der Waals surface area contributed by atoms with E-state index >= 15 is 0 Å². The van der Waals surface area contributed by atoms with Gasteiger partial charge in [-0.2, -0.15) is 0 Å². The van der Waals surface area contributed by atoms with E-state index in [-0.39, 0.29) is 0 Å². The minimum atomic E-state index is -1.45. The van der Waals surface area contributed by atoms with Gasteiger partial charge < -0.3 is 10.2 Å². The molecule has 0 bridgehead atoms. The minimum Gasteiger partial charge on any atom is -0.477 e. The number of carboxylic acid groups (broad SMARTS) is 2. The van der Waals surface area contributed by atoms with Crippen LogP contribution in [0.3, 0.4) is 0 Å². The van der Waals surface area contributed by atoms with Gasteiger partial charge in [-0.25, -0.2) is 9.59 Å². The Labute approximate surface area is 128 Å². The van der Waals surface area contributed by atoms with Crippen molar-refractivity contribution >= 4 is 29.6 Å². The standard InChI is InChI=1S/C12H10O4.C4H7Cl/c13-11(14)10(12(15)16)8-4-7-9-5-2-1-3-6-9;5-3-4-1-2-4/h1-8H,(H,13,14)(H,15,16);4H,1-3H2. The molecule has 112 valence electrons. The van der Waals surface area contributed by atoms with Gasteiger partial charge in [-0.3, -0.25) is 0 Å². The van der Waals surface area contributed by atoms with Crippen LogP contribution >= 0.6 is 11.6 Å². The molecule has 0 aromatic heterocycles. The molecule has 5 heteroatoms. The molecule has 0 radical (unpaired) electrons. The number of alkyl halides is 1. The molecule has 1 aromatic carbocycles. The molecule has 0 spiro atoms. The number of aliphatic carboxylic acids is 2. The fourth-order valence-corrected chi connectivity index (χ4v) is 1.63. The molecular weight excluding hydrogens is 292 g/mol. The zero-order valence-electron chi connectivity index (χ0n) is 11.4. The van der Waals surface area contributed by atoms with E-state index in [0.29, 0.717) is 0 Å². The zero-order chi connectivity index (χ0) is 15.7. The average Bonchev–Trinajstić information content (AvgIpc) is 3.28. The van der Waals surface area contributed by atoms with Crippen LogP contribution in [0, 0.1) is 5.92 Å². The SMILES string of the molecule is ClCC1CC1.O=C(O)C(=CC=Cc1ccccc1)C(=O)O. The number of allylic oxidation sites excluding steroid dienone is 2. The molecule has 0 amide bonds. The van der Waals surface area contributed by atoms with Crippen molar-refractivity contribution < 1.29 is 19.8 Å². The maximum Gasteiger partial charge on any atom is 0.343 e. The Balaban J connectivity index is 0.000000369. The topological polar surface area (TPSA) is 74.6 Å². The molecule has 4 nitrogen and oxygen atoms in total. The molecule has 2 N–H and O–H groups in total. The molecule has 1 aromatic rings. The van der Waals surface area contributed by atoms with Gasteiger partial charge in [0.1, 0.15) is 5.57 Å². The molecule has 0 heterocycles. The Morgan fingerprint density at radius 2 is 1.71 bits per heavy atom. The summed E-state index contributed by atoms with van der Waals surface area (Å²) < 4.78 is 0. The Kier molecular flexibility index (Phi) is 7.26. The average molecular weight is 309 g/mol. The highest BCUT2D eigenvalue weighted by Crippen LogP contribution is 2.29. The summed E-state index contributed by atoms with van der Waals surface area (Å²) in [5.74, 6) is -1.12. The summed E-state index contributed by atoms with van der Waals surface area (Å²) in [4.78, 5) is 21.0. The summed E-state index contributed by atoms with van der Waals surface area (Å²) in [5.41, 5.74) is 0.209. The highest BCUT2D eigenvalue weighted by atomic mass is 35.5. The van der Waals surface area contributed by atoms with E-state index in [1.165, 1.54) is 18.9 Å². The van der Waals surface area contributed by atoms with E-state index in [1.807, 2.05) is 30.3 Å². The molecular formula is C16H17ClO4. The Hall–Kier alpha value is -2.07. The lowest BCUT2D eigenvalue weighted by molar-refractivity contribution is -0.140. The number of carboxylic acids is 2. The number of benzene rings is 1. The number of halogens is 1. The predicted molar refractivity (Wildman–Crippen MR) is 82.3 cm³/mol. The second-order valence-corrected chi connectivity index (χ2v) is 4.87. The lowest BCUT2D eigenvalue weighted by atomic mass is 10.2. The van der Waals surface area contributed by atoms with Gasteiger partial charge in [-0.05, 0) is 30.4 Å². The van der Waals surface area contributed by atoms with Crippen LogP contribution in [-0.4, -0.2) is 28.0 Å². The first-order valence-corrected chi connectivity index (χ1v) is 7.04. The molecule has 0 aliphatic heterocycles. The first-order chi connectivity index (χ1) is 10.0. The lowest BCUT2D eigenvalue weighted by Crippen LogP contribution is -2.10. The van der Waals surface area contributed by atoms with Crippen LogP contribution in [0.4, 0.5) is 0 Å². The number of hydrogen-bond donors (Lipinski definition) is 2. The van der Waals surface area contributed by atoms with Crippen LogP contribution < -0.4 is 0 Å². The summed E-state index contributed by atoms with van der Waals surface area (Å²) in [5, 5.41) is 17.1. The monoisotopic (exact) mass is 308 g/mol. The van der Waals surface area contributed by atoms with Gasteiger partial charge in [-0.15, -0.1) is 11.6 Å². The third kappa shape index (κ3) is 7.32. The van der Waals surface area contributed by atoms with E-state index in [0.717, 1.165) is 23.4 Å². The lowest BCUT2D eigenvalue weighted by Gasteiger charge is -1.92. The largest absolute Gasteiger partial charge is 0.477 e. The van der Waals surface area contributed by atoms with Crippen molar-refractivity contribution in [3.63, 3.8) is 0 Å². The minimum absolute atomic E-state index is 0.660. The van der Waals surface area contributed by atoms with Gasteiger partial charge in [0.15, 0.2) is 0 Å². The van der Waals surface area contributed by atoms with Gasteiger partial charge in [0.25, 0.3) is 0 Å². The van der Waals surface area contributed by atoms with Crippen molar-refractivity contribution in [1.29, 1.82) is 0 Å². The first-order valence-electron chi connectivity index (χ1n) is 6.50. The number of rotatable bonds is 5. The summed E-state index contributed by atoms with van der Waals surface area (Å²) in [6.07, 6.45) is 6.84. The van der Waals surface area contributed by atoms with Crippen molar-refractivity contribution in [1.82, 2.24) is 0 Å². The molecule has 1 saturated carbocycles. The number of hydrogen-bond acceptors (Lipinski definition) is 2. The zero-order valence-corrected chi connectivity index (χ0v) is 12.2. The predicted octanol–water partition coefficient (Wildman–Crippen LogP) is 3.43. The fourth-order valence-electron chi connectivity index (χ4n) is 1.33. The van der Waals surface area contributed by atoms with Crippen LogP contribution in [0.25, 0.3) is 6.08 Å². The van der Waals surface area contributed by atoms with Crippen LogP contribution in [0.1, 0.15) is 18.4 Å². The number of carbonyl (C=O) groups is 2. The first kappa shape index (κ1) is 17.0. The highest BCUT2D eigenvalue weighted by molar-refractivity contribution is 6.18. The van der Waals surface area contributed by atoms with Crippen molar-refractivity contribution in [2.75, 3.05) is 5.88 Å². The summed E-state index contributed by atoms with van der Waals surface area (Å²) >= 11 is 5.40. The van der Waals surface area contributed by atoms with Gasteiger partial charge in [0.2, 0.25) is 0 Å². The van der Waals surface area contributed by atoms with E-state index in [2.05, 4.69) is 0 Å². The van der Waals surface area contributed by atoms with Crippen molar-refractivity contribution in [3.05, 3.63) is 53.6 Å². The Morgan fingerprint density at radius 1 is 1.14 bits per heavy atom. The molecule has 0 atom stereocenters. The molecule has 2 rings (SSSR count). The fraction of sp³-hybridized carbons (Fsp3) is 0.250. The van der Waals surface area contributed by atoms with E-state index in [1.54, 1.807) is 6.08 Å². The third-order valence-electron chi connectivity index (χ3n) is 2.73. The quantitative estimate of drug-likeness (QED) is 0.287. The maximum atomic E-state index is 10.5. The summed E-state index contributed by atoms with van der Waals surface area (Å²) in [7, 11) is 0. The van der Waals surface area contributed by atoms with E-state index in [9.17, 15) is 9.59 Å². The Bertz CT molecular complexity index is 514. The van der Waals surface area contributed by atoms with Gasteiger partial charge >= 0.3 is 11.9 Å². The van der Waals surface area contributed by atoms with Crippen LogP contribution in [0.2, 0.25) is 0 Å². The van der Waals surface area contributed by atoms with Crippen LogP contribution in [-0.2, 0) is 9.59 Å². The molecule has 0 unspecified atom stereocenters. The maximum absolute atomic E-state index is 10.5. The van der Waals surface area contributed by atoms with E-state index in [4.69, 9.17) is 21.8 Å². The molecule has 1 fully saturated rings. The molecule has 21 heavy (non-hydrogen) atoms. The second kappa shape index (κ2) is 8.97. The van der Waals surface area contributed by atoms with Crippen LogP contribution in [0.5, 0.6) is 0 Å². The van der Waals surface area contributed by atoms with Crippen LogP contribution in [0.15, 0.2) is 48.1 Å². The summed E-state index contributed by atoms with van der Waals surface area (Å²) in [6, 6.07) is 9.17. The molecule has 0 saturated heterocycles. The second-order valence-electron chi connectivity index (χ2n) is 4.56. The molecule has 1 aliphatic rings. The van der Waals surface area contributed by atoms with Crippen molar-refractivity contribution in [3.8, 4) is 0 Å².